The lowest BCUT2D eigenvalue weighted by molar-refractivity contribution is -0.170. The van der Waals surface area contributed by atoms with E-state index in [1.165, 1.54) is 25.9 Å². The second-order valence-corrected chi connectivity index (χ2v) is 7.36. The first-order valence-electron chi connectivity index (χ1n) is 9.38. The molecule has 9 heteroatoms. The van der Waals surface area contributed by atoms with Crippen LogP contribution >= 0.6 is 0 Å². The topological polar surface area (TPSA) is 116 Å². The number of aliphatic hydroxyl groups excluding tert-OH is 1. The first-order valence-corrected chi connectivity index (χ1v) is 9.38. The van der Waals surface area contributed by atoms with Crippen molar-refractivity contribution in [2.24, 2.45) is 7.05 Å². The van der Waals surface area contributed by atoms with Gasteiger partial charge in [-0.2, -0.15) is 5.26 Å². The maximum absolute atomic E-state index is 12.2. The fourth-order valence-corrected chi connectivity index (χ4v) is 3.60. The lowest BCUT2D eigenvalue weighted by Crippen LogP contribution is -2.60. The maximum Gasteiger partial charge on any atom is 0.269 e. The number of benzene rings is 1. The highest BCUT2D eigenvalue weighted by Gasteiger charge is 2.51. The van der Waals surface area contributed by atoms with E-state index in [2.05, 4.69) is 11.2 Å². The minimum absolute atomic E-state index is 0.0417. The Labute approximate surface area is 174 Å². The van der Waals surface area contributed by atoms with Gasteiger partial charge in [-0.05, 0) is 32.0 Å². The van der Waals surface area contributed by atoms with E-state index in [0.29, 0.717) is 28.0 Å². The van der Waals surface area contributed by atoms with E-state index < -0.39 is 17.8 Å². The molecule has 1 aliphatic rings. The summed E-state index contributed by atoms with van der Waals surface area (Å²) in [5.74, 6) is 0.648. The van der Waals surface area contributed by atoms with Crippen molar-refractivity contribution < 1.29 is 24.1 Å². The summed E-state index contributed by atoms with van der Waals surface area (Å²) in [7, 11) is 4.53. The van der Waals surface area contributed by atoms with Crippen LogP contribution in [0.25, 0.3) is 0 Å². The van der Waals surface area contributed by atoms with Crippen LogP contribution in [0, 0.1) is 25.2 Å². The molecule has 0 spiro atoms. The van der Waals surface area contributed by atoms with E-state index >= 15 is 0 Å². The Kier molecular flexibility index (Phi) is 6.12. The maximum atomic E-state index is 12.2. The summed E-state index contributed by atoms with van der Waals surface area (Å²) in [6.45, 7) is 3.50. The highest BCUT2D eigenvalue weighted by atomic mass is 16.6. The van der Waals surface area contributed by atoms with Gasteiger partial charge in [0, 0.05) is 38.0 Å². The Balaban J connectivity index is 2.16. The van der Waals surface area contributed by atoms with E-state index in [9.17, 15) is 15.2 Å². The molecule has 1 aromatic carbocycles. The molecule has 1 N–H and O–H groups in total. The van der Waals surface area contributed by atoms with Crippen LogP contribution in [-0.4, -0.2) is 54.0 Å². The third kappa shape index (κ3) is 3.65. The number of fused-ring (bicyclic) bond motifs is 1. The molecule has 0 bridgehead atoms. The number of rotatable bonds is 6. The molecule has 0 saturated carbocycles. The number of nitriles is 1. The standard InChI is InChI=1S/C21H25N3O6/c1-12-13(2)20(26)24(3)23-19(12)29-17-15-8-14(9-22)6-7-16(15)30-21(10-27-4,11-28-5)18(17)25/h6-8,17-18,25H,10-11H2,1-5H3/t17-,18+/m1/s1. The van der Waals surface area contributed by atoms with Crippen molar-refractivity contribution in [1.82, 2.24) is 9.78 Å². The molecule has 160 valence electrons. The Bertz CT molecular complexity index is 1040. The molecule has 0 aliphatic carbocycles. The van der Waals surface area contributed by atoms with Gasteiger partial charge in [0.2, 0.25) is 5.88 Å². The van der Waals surface area contributed by atoms with Crippen molar-refractivity contribution in [3.63, 3.8) is 0 Å². The van der Waals surface area contributed by atoms with Gasteiger partial charge in [0.25, 0.3) is 5.56 Å². The first-order chi connectivity index (χ1) is 14.3. The molecule has 30 heavy (non-hydrogen) atoms. The highest BCUT2D eigenvalue weighted by molar-refractivity contribution is 5.46. The van der Waals surface area contributed by atoms with Crippen LogP contribution in [0.5, 0.6) is 11.6 Å². The highest BCUT2D eigenvalue weighted by Crippen LogP contribution is 2.43. The fourth-order valence-electron chi connectivity index (χ4n) is 3.60. The number of hydrogen-bond donors (Lipinski definition) is 1. The number of aryl methyl sites for hydroxylation is 1. The van der Waals surface area contributed by atoms with Crippen LogP contribution in [0.15, 0.2) is 23.0 Å². The Morgan fingerprint density at radius 3 is 2.53 bits per heavy atom. The summed E-state index contributed by atoms with van der Waals surface area (Å²) in [4.78, 5) is 12.2. The molecule has 0 fully saturated rings. The van der Waals surface area contributed by atoms with E-state index in [1.54, 1.807) is 32.0 Å². The van der Waals surface area contributed by atoms with Crippen molar-refractivity contribution in [3.8, 4) is 17.7 Å². The minimum atomic E-state index is -1.24. The second kappa shape index (κ2) is 8.44. The molecule has 0 radical (unpaired) electrons. The molecule has 0 amide bonds. The van der Waals surface area contributed by atoms with Crippen molar-refractivity contribution in [3.05, 3.63) is 50.8 Å². The van der Waals surface area contributed by atoms with Gasteiger partial charge in [0.15, 0.2) is 11.7 Å². The number of ether oxygens (including phenoxy) is 4. The van der Waals surface area contributed by atoms with E-state index in [4.69, 9.17) is 18.9 Å². The van der Waals surface area contributed by atoms with Gasteiger partial charge in [0.1, 0.15) is 11.9 Å². The molecule has 9 nitrogen and oxygen atoms in total. The molecular formula is C21H25N3O6. The zero-order chi connectivity index (χ0) is 22.1. The smallest absolute Gasteiger partial charge is 0.269 e. The molecule has 2 heterocycles. The van der Waals surface area contributed by atoms with E-state index in [0.717, 1.165) is 0 Å². The largest absolute Gasteiger partial charge is 0.479 e. The van der Waals surface area contributed by atoms with Gasteiger partial charge >= 0.3 is 0 Å². The molecule has 2 aromatic rings. The molecular weight excluding hydrogens is 390 g/mol. The van der Waals surface area contributed by atoms with Crippen LogP contribution in [0.1, 0.15) is 28.4 Å². The van der Waals surface area contributed by atoms with Gasteiger partial charge < -0.3 is 24.1 Å². The van der Waals surface area contributed by atoms with Crippen molar-refractivity contribution in [1.29, 1.82) is 5.26 Å². The lowest BCUT2D eigenvalue weighted by atomic mass is 9.86. The van der Waals surface area contributed by atoms with Gasteiger partial charge in [-0.1, -0.05) is 0 Å². The van der Waals surface area contributed by atoms with Crippen LogP contribution in [0.4, 0.5) is 0 Å². The zero-order valence-electron chi connectivity index (χ0n) is 17.6. The first kappa shape index (κ1) is 21.8. The summed E-state index contributed by atoms with van der Waals surface area (Å²) in [5, 5.41) is 24.8. The predicted molar refractivity (Wildman–Crippen MR) is 107 cm³/mol. The third-order valence-electron chi connectivity index (χ3n) is 5.34. The van der Waals surface area contributed by atoms with Crippen LogP contribution < -0.4 is 15.0 Å². The Hall–Kier alpha value is -2.93. The predicted octanol–water partition coefficient (Wildman–Crippen LogP) is 1.17. The normalized spacial score (nSPS) is 19.5. The van der Waals surface area contributed by atoms with Crippen molar-refractivity contribution >= 4 is 0 Å². The summed E-state index contributed by atoms with van der Waals surface area (Å²) < 4.78 is 24.1. The lowest BCUT2D eigenvalue weighted by Gasteiger charge is -2.44. The average Bonchev–Trinajstić information content (AvgIpc) is 2.73. The van der Waals surface area contributed by atoms with Gasteiger partial charge in [-0.15, -0.1) is 5.10 Å². The molecule has 0 saturated heterocycles. The molecule has 2 atom stereocenters. The fraction of sp³-hybridized carbons (Fsp3) is 0.476. The zero-order valence-corrected chi connectivity index (χ0v) is 17.6. The minimum Gasteiger partial charge on any atom is -0.479 e. The summed E-state index contributed by atoms with van der Waals surface area (Å²) in [5.41, 5.74) is 0.489. The van der Waals surface area contributed by atoms with Crippen LogP contribution in [0.3, 0.4) is 0 Å². The van der Waals surface area contributed by atoms with E-state index in [-0.39, 0.29) is 24.7 Å². The SMILES string of the molecule is COCC1(COC)Oc2ccc(C#N)cc2[C@@H](Oc2nn(C)c(=O)c(C)c2C)[C@@H]1O. The van der Waals surface area contributed by atoms with Crippen LogP contribution in [0.2, 0.25) is 0 Å². The number of hydrogen-bond acceptors (Lipinski definition) is 8. The Morgan fingerprint density at radius 2 is 1.93 bits per heavy atom. The quantitative estimate of drug-likeness (QED) is 0.748. The van der Waals surface area contributed by atoms with Crippen molar-refractivity contribution in [2.75, 3.05) is 27.4 Å². The third-order valence-corrected chi connectivity index (χ3v) is 5.34. The van der Waals surface area contributed by atoms with Gasteiger partial charge in [-0.3, -0.25) is 4.79 Å². The number of nitrogens with zero attached hydrogens (tertiary/aromatic N) is 3. The molecule has 1 aromatic heterocycles. The van der Waals surface area contributed by atoms with Gasteiger partial charge in [-0.25, -0.2) is 4.68 Å². The summed E-state index contributed by atoms with van der Waals surface area (Å²) >= 11 is 0. The van der Waals surface area contributed by atoms with Crippen LogP contribution in [-0.2, 0) is 16.5 Å². The monoisotopic (exact) mass is 415 g/mol. The van der Waals surface area contributed by atoms with Crippen molar-refractivity contribution in [2.45, 2.75) is 31.7 Å². The summed E-state index contributed by atoms with van der Waals surface area (Å²) in [6.07, 6.45) is -2.15. The van der Waals surface area contributed by atoms with Gasteiger partial charge in [0.05, 0.1) is 24.8 Å². The second-order valence-electron chi connectivity index (χ2n) is 7.36. The van der Waals surface area contributed by atoms with E-state index in [1.807, 2.05) is 0 Å². The molecule has 3 rings (SSSR count). The number of aromatic nitrogens is 2. The average molecular weight is 415 g/mol. The Morgan fingerprint density at radius 1 is 1.27 bits per heavy atom. The number of aliphatic hydroxyl groups is 1. The molecule has 1 aliphatic heterocycles. The number of methoxy groups -OCH3 is 2. The summed E-state index contributed by atoms with van der Waals surface area (Å²) in [6, 6.07) is 6.97. The molecule has 0 unspecified atom stereocenters.